The molecule has 29 nitrogen and oxygen atoms in total. The molecule has 10 heterocycles. The number of halogens is 4. The molecule has 1 aliphatic rings. The standard InChI is InChI=1S/C15H15FN4O.2C15H17FN4O.C10H12N2O.C5H5FN2.C4H8O.C4H9.4C2H4O2.CH4.Li.Pb/c1-15(2,21-3)11-6-10(7-17-8-11)14-18-13-5-4-12(16)9-20(13)19-14;2*1-15(2,21-3)11-6-10(7-18-8-11)14(17)20-13-5-4-12(16)9-19-13;1-10(2,13-4)8-5-9(11-3)7-12-6-8;6-5-2-1-4(7)3-8-5;1-2-4-5-3-1;1-3-4-2;4*1-2(3)4;;;/h4-9H,1-3H3;2*4-9H,1-3H3,(H2,17,19,20);5-7H,1-2,4H3;1-3H,7H2;1-4H2;1,3-4H2,2H3;4*1H3,(H,3,4);1H4;;/q;;;;;;-1;;;;;;+1;+4/p-4. The first-order chi connectivity index (χ1) is 51.8. The molecule has 0 radical (unpaired) electrons. The summed E-state index contributed by atoms with van der Waals surface area (Å²) in [6, 6.07) is 18.5. The Bertz CT molecular complexity index is 4280. The van der Waals surface area contributed by atoms with Crippen molar-refractivity contribution in [1.82, 2.24) is 49.5 Å². The predicted octanol–water partition coefficient (Wildman–Crippen LogP) is 10.9. The van der Waals surface area contributed by atoms with Gasteiger partial charge in [-0.05, 0) is 147 Å². The molecule has 0 aromatic carbocycles. The molecule has 598 valence electrons. The van der Waals surface area contributed by atoms with Crippen LogP contribution < -0.4 is 36.1 Å². The number of nitrogens with two attached hydrogens (primary N) is 3. The van der Waals surface area contributed by atoms with Crippen LogP contribution in [0.5, 0.6) is 0 Å². The normalized spacial score (nSPS) is 11.7. The van der Waals surface area contributed by atoms with Gasteiger partial charge in [0.2, 0.25) is 11.6 Å². The number of hydrogen-bond acceptors (Lipinski definition) is 25. The molecule has 112 heavy (non-hydrogen) atoms. The predicted molar refractivity (Wildman–Crippen MR) is 413 cm³/mol. The summed E-state index contributed by atoms with van der Waals surface area (Å²) in [5.74, 6) is -3.51. The third-order valence-electron chi connectivity index (χ3n) is 14.9. The number of nitrogen functional groups attached to an aromatic ring is 1. The maximum absolute atomic E-state index is 13.2. The van der Waals surface area contributed by atoms with Crippen molar-refractivity contribution < 1.29 is 90.0 Å². The summed E-state index contributed by atoms with van der Waals surface area (Å²) in [7, 11) is 6.56. The van der Waals surface area contributed by atoms with E-state index < -0.39 is 81.2 Å². The zero-order valence-electron chi connectivity index (χ0n) is 65.7. The van der Waals surface area contributed by atoms with E-state index in [1.54, 1.807) is 90.1 Å². The van der Waals surface area contributed by atoms with E-state index in [1.165, 1.54) is 78.6 Å². The summed E-state index contributed by atoms with van der Waals surface area (Å²) in [6.07, 6.45) is 22.9. The molecule has 0 saturated carbocycles. The molecule has 9 aromatic rings. The average molecular weight is 1750 g/mol. The first-order valence-corrected chi connectivity index (χ1v) is 40.0. The molecule has 35 heteroatoms. The molecule has 0 spiro atoms. The number of aliphatic imine (C=N–C) groups is 2. The van der Waals surface area contributed by atoms with Crippen molar-refractivity contribution in [3.05, 3.63) is 222 Å². The number of methoxy groups -OCH3 is 4. The second-order valence-corrected chi connectivity index (χ2v) is 32.1. The van der Waals surface area contributed by atoms with Gasteiger partial charge in [0, 0.05) is 125 Å². The van der Waals surface area contributed by atoms with Crippen molar-refractivity contribution in [2.45, 2.75) is 146 Å². The summed E-state index contributed by atoms with van der Waals surface area (Å²) in [6.45, 7) is 34.1. The van der Waals surface area contributed by atoms with Crippen LogP contribution in [0.3, 0.4) is 0 Å². The first-order valence-electron chi connectivity index (χ1n) is 33.7. The Hall–Kier alpha value is -10.2. The molecule has 0 unspecified atom stereocenters. The molecule has 0 aliphatic carbocycles. The third-order valence-corrected chi connectivity index (χ3v) is 23.3. The zero-order chi connectivity index (χ0) is 82.4. The van der Waals surface area contributed by atoms with Crippen molar-refractivity contribution in [3.63, 3.8) is 0 Å². The number of carbonyl (C=O) groups excluding carboxylic acids is 4. The number of pyridine rings is 8. The third kappa shape index (κ3) is 35.9. The Morgan fingerprint density at radius 1 is 0.562 bits per heavy atom. The fraction of sp³-hybridized carbons (Fsp3) is 0.364. The number of carbonyl (C=O) groups is 4. The van der Waals surface area contributed by atoms with Crippen LogP contribution in [-0.2, 0) is 76.0 Å². The van der Waals surface area contributed by atoms with Crippen molar-refractivity contribution in [1.29, 1.82) is 0 Å². The first kappa shape index (κ1) is 99.8. The average Bonchev–Trinajstić information content (AvgIpc) is 1.66. The molecule has 10 rings (SSSR count). The van der Waals surface area contributed by atoms with E-state index in [0.717, 1.165) is 87.5 Å². The van der Waals surface area contributed by atoms with Gasteiger partial charge < -0.3 is 47.8 Å². The molecule has 0 atom stereocenters. The van der Waals surface area contributed by atoms with E-state index in [1.807, 2.05) is 73.6 Å². The van der Waals surface area contributed by atoms with Crippen molar-refractivity contribution in [2.75, 3.05) is 47.4 Å². The number of rotatable bonds is 18. The van der Waals surface area contributed by atoms with E-state index in [0.29, 0.717) is 45.6 Å². The Kier molecular flexibility index (Phi) is 43.9. The minimum Gasteiger partial charge on any atom is -0.397 e. The minimum atomic E-state index is -5.43. The van der Waals surface area contributed by atoms with Crippen LogP contribution in [-0.4, -0.2) is 150 Å². The molecular formula is C77H99F4LiN16O13Pb. The summed E-state index contributed by atoms with van der Waals surface area (Å²) in [5.41, 5.74) is 22.6. The fourth-order valence-electron chi connectivity index (χ4n) is 7.95. The Morgan fingerprint density at radius 2 is 0.955 bits per heavy atom. The smallest absolute Gasteiger partial charge is 0.397 e. The molecule has 0 bridgehead atoms. The van der Waals surface area contributed by atoms with Gasteiger partial charge in [0.1, 0.15) is 29.1 Å². The number of fused-ring (bicyclic) bond motifs is 1. The maximum Gasteiger partial charge on any atom is 1.00 e. The van der Waals surface area contributed by atoms with Crippen LogP contribution in [0.4, 0.5) is 40.6 Å². The Morgan fingerprint density at radius 3 is 1.29 bits per heavy atom. The van der Waals surface area contributed by atoms with E-state index in [4.69, 9.17) is 47.5 Å². The van der Waals surface area contributed by atoms with Gasteiger partial charge in [-0.15, -0.1) is 5.10 Å². The largest absolute Gasteiger partial charge is 1.00 e. The quantitative estimate of drug-likeness (QED) is 0.0179. The van der Waals surface area contributed by atoms with Crippen molar-refractivity contribution in [2.24, 2.45) is 21.5 Å². The van der Waals surface area contributed by atoms with E-state index >= 15 is 0 Å². The van der Waals surface area contributed by atoms with Crippen molar-refractivity contribution in [3.8, 4) is 11.4 Å². The number of anilines is 1. The number of unbranched alkanes of at least 4 members (excludes halogenated alkanes) is 1. The summed E-state index contributed by atoms with van der Waals surface area (Å²) >= 11 is -5.43. The molecular weight excluding hydrogens is 1650 g/mol. The van der Waals surface area contributed by atoms with Crippen LogP contribution >= 0.6 is 0 Å². The van der Waals surface area contributed by atoms with Gasteiger partial charge in [-0.2, -0.15) is 10.8 Å². The van der Waals surface area contributed by atoms with Crippen LogP contribution in [0.2, 0.25) is 0 Å². The number of nitrogens with zero attached hydrogens (tertiary/aromatic N) is 13. The van der Waals surface area contributed by atoms with Gasteiger partial charge in [0.15, 0.2) is 23.1 Å². The van der Waals surface area contributed by atoms with E-state index in [-0.39, 0.29) is 49.4 Å². The molecule has 1 fully saturated rings. The number of amidine groups is 2. The molecule has 6 N–H and O–H groups in total. The van der Waals surface area contributed by atoms with E-state index in [9.17, 15) is 36.7 Å². The van der Waals surface area contributed by atoms with Crippen LogP contribution in [0, 0.1) is 36.9 Å². The monoisotopic (exact) mass is 1750 g/mol. The van der Waals surface area contributed by atoms with Gasteiger partial charge in [-0.25, -0.2) is 52.5 Å². The number of aromatic nitrogens is 10. The maximum atomic E-state index is 13.2. The minimum absolute atomic E-state index is 0. The van der Waals surface area contributed by atoms with Gasteiger partial charge in [-0.1, -0.05) is 20.8 Å². The second-order valence-electron chi connectivity index (χ2n) is 25.0. The van der Waals surface area contributed by atoms with E-state index in [2.05, 4.69) is 84.4 Å². The Balaban J connectivity index is 0.000000665. The summed E-state index contributed by atoms with van der Waals surface area (Å²) in [5, 5.41) is 4.28. The topological polar surface area (TPSA) is 379 Å². The van der Waals surface area contributed by atoms with Crippen LogP contribution in [0.1, 0.15) is 156 Å². The van der Waals surface area contributed by atoms with Gasteiger partial charge in [-0.3, -0.25) is 19.9 Å². The number of ether oxygens (including phenoxy) is 5. The number of hydrogen-bond donors (Lipinski definition) is 3. The molecule has 0 amide bonds. The summed E-state index contributed by atoms with van der Waals surface area (Å²) in [4.78, 5) is 86.9. The summed E-state index contributed by atoms with van der Waals surface area (Å²) < 4.78 is 97.1. The van der Waals surface area contributed by atoms with Gasteiger partial charge in [0.25, 0.3) is 0 Å². The van der Waals surface area contributed by atoms with Crippen molar-refractivity contribution >= 4 is 87.2 Å². The Labute approximate surface area is 670 Å². The molecule has 9 aromatic heterocycles. The molecule has 1 saturated heterocycles. The SMILES string of the molecule is C.C1CCOC1.CC(=O)[O][Pb]([O]C(C)=O)([O]C(C)=O)[O]C(C)=O.COC(C)(C)c1cncc(-c2nc3ccc(F)cn3n2)c1.COC(C)(C)c1cncc(C(N)=Nc2ccc(F)cn2)c1.COC(C)(C)c1cncc(C(N)=Nc2ccc(F)cn2)c1.Nc1ccc(F)nc1.[C-]#[N+]c1cncc(C(C)(C)OC)c1.[CH2-]CCC.[Li+]. The fourth-order valence-corrected chi connectivity index (χ4v) is 14.4. The second kappa shape index (κ2) is 49.2. The van der Waals surface area contributed by atoms with Crippen LogP contribution in [0.25, 0.3) is 21.9 Å². The zero-order valence-corrected chi connectivity index (χ0v) is 69.6. The van der Waals surface area contributed by atoms with Gasteiger partial charge in [0.05, 0.1) is 59.5 Å². The van der Waals surface area contributed by atoms with Gasteiger partial charge >= 0.3 is 123 Å². The molecule has 1 aliphatic heterocycles. The van der Waals surface area contributed by atoms with Crippen LogP contribution in [0.15, 0.2) is 157 Å².